The van der Waals surface area contributed by atoms with Crippen molar-refractivity contribution in [2.24, 2.45) is 0 Å². The molecule has 0 fully saturated rings. The predicted molar refractivity (Wildman–Crippen MR) is 83.4 cm³/mol. The fourth-order valence-corrected chi connectivity index (χ4v) is 2.79. The van der Waals surface area contributed by atoms with Crippen molar-refractivity contribution in [1.82, 2.24) is 4.90 Å². The van der Waals surface area contributed by atoms with Crippen LogP contribution in [0.5, 0.6) is 0 Å². The van der Waals surface area contributed by atoms with Crippen LogP contribution in [-0.4, -0.2) is 29.2 Å². The molecule has 106 valence electrons. The number of hydrogen-bond donors (Lipinski definition) is 1. The van der Waals surface area contributed by atoms with Crippen LogP contribution in [0.25, 0.3) is 0 Å². The zero-order valence-corrected chi connectivity index (χ0v) is 13.1. The molecule has 1 aromatic heterocycles. The Bertz CT molecular complexity index is 416. The van der Waals surface area contributed by atoms with E-state index in [9.17, 15) is 0 Å². The summed E-state index contributed by atoms with van der Waals surface area (Å²) in [4.78, 5) is 3.91. The van der Waals surface area contributed by atoms with Crippen molar-refractivity contribution in [2.75, 3.05) is 13.2 Å². The first kappa shape index (κ1) is 16.2. The van der Waals surface area contributed by atoms with Crippen molar-refractivity contribution in [2.45, 2.75) is 52.6 Å². The van der Waals surface area contributed by atoms with Gasteiger partial charge in [0.15, 0.2) is 0 Å². The van der Waals surface area contributed by atoms with Crippen molar-refractivity contribution in [3.8, 4) is 11.8 Å². The van der Waals surface area contributed by atoms with E-state index >= 15 is 0 Å². The minimum atomic E-state index is -0.0688. The molecule has 1 unspecified atom stereocenters. The Balaban J connectivity index is 2.64. The molecule has 0 saturated heterocycles. The average molecular weight is 279 g/mol. The molecule has 1 rings (SSSR count). The van der Waals surface area contributed by atoms with E-state index < -0.39 is 0 Å². The topological polar surface area (TPSA) is 23.5 Å². The highest BCUT2D eigenvalue weighted by Gasteiger charge is 2.13. The Morgan fingerprint density at radius 3 is 2.84 bits per heavy atom. The molecule has 2 nitrogen and oxygen atoms in total. The summed E-state index contributed by atoms with van der Waals surface area (Å²) in [5.41, 5.74) is 1.02. The molecular formula is C16H25NOS. The molecule has 0 amide bonds. The summed E-state index contributed by atoms with van der Waals surface area (Å²) in [5.74, 6) is 5.66. The largest absolute Gasteiger partial charge is 0.384 e. The van der Waals surface area contributed by atoms with Gasteiger partial charge in [-0.1, -0.05) is 32.1 Å². The first-order valence-corrected chi connectivity index (χ1v) is 8.00. The zero-order chi connectivity index (χ0) is 14.1. The lowest BCUT2D eigenvalue weighted by Crippen LogP contribution is -2.32. The van der Waals surface area contributed by atoms with E-state index in [0.29, 0.717) is 6.04 Å². The number of thiophene rings is 1. The molecular weight excluding hydrogens is 254 g/mol. The van der Waals surface area contributed by atoms with Gasteiger partial charge in [0, 0.05) is 28.4 Å². The SMILES string of the molecule is CCCCN(Cc1cc(C#CCO)cs1)C(C)CC. The van der Waals surface area contributed by atoms with Gasteiger partial charge in [-0.2, -0.15) is 0 Å². The summed E-state index contributed by atoms with van der Waals surface area (Å²) in [5, 5.41) is 10.8. The highest BCUT2D eigenvalue weighted by molar-refractivity contribution is 7.10. The lowest BCUT2D eigenvalue weighted by molar-refractivity contribution is 0.194. The summed E-state index contributed by atoms with van der Waals surface area (Å²) in [6.07, 6.45) is 3.68. The molecule has 0 spiro atoms. The quantitative estimate of drug-likeness (QED) is 0.772. The van der Waals surface area contributed by atoms with Crippen LogP contribution >= 0.6 is 11.3 Å². The maximum atomic E-state index is 8.70. The molecule has 0 aliphatic rings. The second kappa shape index (κ2) is 9.14. The molecule has 0 radical (unpaired) electrons. The van der Waals surface area contributed by atoms with Gasteiger partial charge >= 0.3 is 0 Å². The molecule has 0 aliphatic heterocycles. The van der Waals surface area contributed by atoms with Crippen LogP contribution in [0.15, 0.2) is 11.4 Å². The maximum Gasteiger partial charge on any atom is 0.104 e. The fraction of sp³-hybridized carbons (Fsp3) is 0.625. The van der Waals surface area contributed by atoms with Gasteiger partial charge < -0.3 is 5.11 Å². The highest BCUT2D eigenvalue weighted by Crippen LogP contribution is 2.18. The van der Waals surface area contributed by atoms with Gasteiger partial charge in [0.05, 0.1) is 0 Å². The van der Waals surface area contributed by atoms with Gasteiger partial charge in [0.1, 0.15) is 6.61 Å². The van der Waals surface area contributed by atoms with Crippen LogP contribution in [-0.2, 0) is 6.54 Å². The van der Waals surface area contributed by atoms with Gasteiger partial charge in [0.2, 0.25) is 0 Å². The molecule has 0 aliphatic carbocycles. The number of aliphatic hydroxyl groups is 1. The van der Waals surface area contributed by atoms with Crippen LogP contribution in [0.1, 0.15) is 50.5 Å². The van der Waals surface area contributed by atoms with Gasteiger partial charge in [-0.3, -0.25) is 4.90 Å². The van der Waals surface area contributed by atoms with Gasteiger partial charge in [0.25, 0.3) is 0 Å². The average Bonchev–Trinajstić information content (AvgIpc) is 2.87. The van der Waals surface area contributed by atoms with Crippen LogP contribution in [0.4, 0.5) is 0 Å². The monoisotopic (exact) mass is 279 g/mol. The first-order chi connectivity index (χ1) is 9.21. The Hall–Kier alpha value is -0.820. The van der Waals surface area contributed by atoms with Gasteiger partial charge in [-0.15, -0.1) is 11.3 Å². The molecule has 19 heavy (non-hydrogen) atoms. The van der Waals surface area contributed by atoms with E-state index in [1.165, 1.54) is 30.7 Å². The zero-order valence-electron chi connectivity index (χ0n) is 12.3. The third kappa shape index (κ3) is 5.78. The van der Waals surface area contributed by atoms with Crippen molar-refractivity contribution < 1.29 is 5.11 Å². The van der Waals surface area contributed by atoms with Crippen molar-refractivity contribution in [1.29, 1.82) is 0 Å². The summed E-state index contributed by atoms with van der Waals surface area (Å²) >= 11 is 1.76. The highest BCUT2D eigenvalue weighted by atomic mass is 32.1. The van der Waals surface area contributed by atoms with E-state index in [2.05, 4.69) is 49.0 Å². The molecule has 1 N–H and O–H groups in total. The molecule has 3 heteroatoms. The minimum absolute atomic E-state index is 0.0688. The van der Waals surface area contributed by atoms with Crippen LogP contribution in [0, 0.1) is 11.8 Å². The first-order valence-electron chi connectivity index (χ1n) is 7.12. The molecule has 0 bridgehead atoms. The third-order valence-electron chi connectivity index (χ3n) is 3.34. The number of nitrogens with zero attached hydrogens (tertiary/aromatic N) is 1. The Morgan fingerprint density at radius 2 is 2.21 bits per heavy atom. The molecule has 1 atom stereocenters. The lowest BCUT2D eigenvalue weighted by Gasteiger charge is -2.27. The van der Waals surface area contributed by atoms with Crippen molar-refractivity contribution in [3.05, 3.63) is 21.9 Å². The van der Waals surface area contributed by atoms with Crippen LogP contribution < -0.4 is 0 Å². The van der Waals surface area contributed by atoms with E-state index in [4.69, 9.17) is 5.11 Å². The van der Waals surface area contributed by atoms with E-state index in [0.717, 1.165) is 12.1 Å². The predicted octanol–water partition coefficient (Wildman–Crippen LogP) is 3.49. The number of rotatable bonds is 7. The Kier molecular flexibility index (Phi) is 7.81. The van der Waals surface area contributed by atoms with E-state index in [1.807, 2.05) is 0 Å². The maximum absolute atomic E-state index is 8.70. The van der Waals surface area contributed by atoms with Crippen LogP contribution in [0.2, 0.25) is 0 Å². The third-order valence-corrected chi connectivity index (χ3v) is 4.26. The van der Waals surface area contributed by atoms with Crippen molar-refractivity contribution >= 4 is 11.3 Å². The normalized spacial score (nSPS) is 12.3. The molecule has 1 aromatic rings. The van der Waals surface area contributed by atoms with Gasteiger partial charge in [-0.25, -0.2) is 0 Å². The number of aliphatic hydroxyl groups excluding tert-OH is 1. The number of unbranched alkanes of at least 4 members (excludes halogenated alkanes) is 1. The van der Waals surface area contributed by atoms with E-state index in [-0.39, 0.29) is 6.61 Å². The van der Waals surface area contributed by atoms with Crippen molar-refractivity contribution in [3.63, 3.8) is 0 Å². The molecule has 1 heterocycles. The number of hydrogen-bond acceptors (Lipinski definition) is 3. The smallest absolute Gasteiger partial charge is 0.104 e. The van der Waals surface area contributed by atoms with E-state index in [1.54, 1.807) is 11.3 Å². The fourth-order valence-electron chi connectivity index (χ4n) is 1.95. The lowest BCUT2D eigenvalue weighted by atomic mass is 10.2. The summed E-state index contributed by atoms with van der Waals surface area (Å²) < 4.78 is 0. The summed E-state index contributed by atoms with van der Waals surface area (Å²) in [6.45, 7) is 8.90. The second-order valence-electron chi connectivity index (χ2n) is 4.84. The Labute approximate surface area is 121 Å². The summed E-state index contributed by atoms with van der Waals surface area (Å²) in [7, 11) is 0. The van der Waals surface area contributed by atoms with Crippen LogP contribution in [0.3, 0.4) is 0 Å². The standard InChI is InChI=1S/C16H25NOS/c1-4-6-9-17(14(3)5-2)12-16-11-15(13-19-16)8-7-10-18/h11,13-14,18H,4-6,9-10,12H2,1-3H3. The Morgan fingerprint density at radius 1 is 1.42 bits per heavy atom. The van der Waals surface area contributed by atoms with Gasteiger partial charge in [-0.05, 0) is 32.4 Å². The minimum Gasteiger partial charge on any atom is -0.384 e. The summed E-state index contributed by atoms with van der Waals surface area (Å²) in [6, 6.07) is 2.77. The second-order valence-corrected chi connectivity index (χ2v) is 5.84. The molecule has 0 saturated carbocycles. The molecule has 0 aromatic carbocycles.